The molecule has 2 unspecified atom stereocenters. The van der Waals surface area contributed by atoms with Crippen molar-refractivity contribution in [3.05, 3.63) is 69.6 Å². The minimum absolute atomic E-state index is 0.0248. The van der Waals surface area contributed by atoms with Crippen LogP contribution in [-0.2, 0) is 13.0 Å². The molecule has 2 amide bonds. The first-order valence-electron chi connectivity index (χ1n) is 11.9. The molecule has 1 N–H and O–H groups in total. The molecule has 2 aliphatic rings. The molecule has 6 nitrogen and oxygen atoms in total. The van der Waals surface area contributed by atoms with Crippen molar-refractivity contribution in [2.45, 2.75) is 65.5 Å². The van der Waals surface area contributed by atoms with Crippen molar-refractivity contribution in [2.24, 2.45) is 10.8 Å². The summed E-state index contributed by atoms with van der Waals surface area (Å²) in [6, 6.07) is 10.3. The average molecular weight is 450 g/mol. The van der Waals surface area contributed by atoms with Crippen molar-refractivity contribution in [1.82, 2.24) is 14.8 Å². The number of aromatic nitrogens is 1. The number of benzene rings is 1. The standard InChI is InChI=1S/C27H35N3O3/c1-26(2)13-20-14-27(3,17-26)18-30(20)25(33)22-16-29(15-21(23(22)31)24(32)28-4)12-8-11-19-9-6-5-7-10-19/h5-7,9-10,15-16,20H,8,11-14,17-18H2,1-4H3,(H,28,32). The van der Waals surface area contributed by atoms with Gasteiger partial charge in [0.05, 0.1) is 0 Å². The first kappa shape index (κ1) is 23.3. The zero-order chi connectivity index (χ0) is 23.8. The van der Waals surface area contributed by atoms with Gasteiger partial charge in [0.2, 0.25) is 5.43 Å². The van der Waals surface area contributed by atoms with E-state index >= 15 is 0 Å². The molecule has 33 heavy (non-hydrogen) atoms. The summed E-state index contributed by atoms with van der Waals surface area (Å²) in [4.78, 5) is 41.2. The number of nitrogens with one attached hydrogen (secondary N) is 1. The summed E-state index contributed by atoms with van der Waals surface area (Å²) in [6.45, 7) is 8.05. The van der Waals surface area contributed by atoms with Crippen LogP contribution in [0.5, 0.6) is 0 Å². The van der Waals surface area contributed by atoms with E-state index in [0.29, 0.717) is 13.1 Å². The largest absolute Gasteiger partial charge is 0.355 e. The predicted octanol–water partition coefficient (Wildman–Crippen LogP) is 3.88. The van der Waals surface area contributed by atoms with E-state index in [1.807, 2.05) is 27.7 Å². The van der Waals surface area contributed by atoms with Crippen molar-refractivity contribution >= 4 is 11.8 Å². The minimum atomic E-state index is -0.482. The Morgan fingerprint density at radius 2 is 1.76 bits per heavy atom. The molecule has 1 aromatic heterocycles. The number of hydrogen-bond acceptors (Lipinski definition) is 3. The zero-order valence-corrected chi connectivity index (χ0v) is 20.2. The van der Waals surface area contributed by atoms with Gasteiger partial charge in [0.1, 0.15) is 11.1 Å². The van der Waals surface area contributed by atoms with Gasteiger partial charge in [-0.25, -0.2) is 0 Å². The number of amides is 2. The quantitative estimate of drug-likeness (QED) is 0.728. The van der Waals surface area contributed by atoms with Crippen LogP contribution in [0.15, 0.2) is 47.5 Å². The van der Waals surface area contributed by atoms with E-state index in [2.05, 4.69) is 38.2 Å². The number of fused-ring (bicyclic) bond motifs is 2. The lowest BCUT2D eigenvalue weighted by molar-refractivity contribution is 0.0706. The minimum Gasteiger partial charge on any atom is -0.355 e. The van der Waals surface area contributed by atoms with Crippen LogP contribution >= 0.6 is 0 Å². The SMILES string of the molecule is CNC(=O)c1cn(CCCc2ccccc2)cc(C(=O)N2CC3(C)CC2CC(C)(C)C3)c1=O. The molecule has 1 aromatic carbocycles. The van der Waals surface area contributed by atoms with Crippen LogP contribution in [-0.4, -0.2) is 40.9 Å². The van der Waals surface area contributed by atoms with Gasteiger partial charge in [-0.1, -0.05) is 51.1 Å². The zero-order valence-electron chi connectivity index (χ0n) is 20.2. The highest BCUT2D eigenvalue weighted by atomic mass is 16.2. The van der Waals surface area contributed by atoms with Crippen molar-refractivity contribution in [3.8, 4) is 0 Å². The van der Waals surface area contributed by atoms with Crippen LogP contribution in [0.1, 0.15) is 72.7 Å². The topological polar surface area (TPSA) is 71.4 Å². The number of hydrogen-bond donors (Lipinski definition) is 1. The van der Waals surface area contributed by atoms with Crippen LogP contribution in [0.25, 0.3) is 0 Å². The van der Waals surface area contributed by atoms with Crippen LogP contribution in [0.4, 0.5) is 0 Å². The Hall–Kier alpha value is -2.89. The molecular weight excluding hydrogens is 414 g/mol. The Labute approximate surface area is 196 Å². The lowest BCUT2D eigenvalue weighted by Gasteiger charge is -2.39. The maximum Gasteiger partial charge on any atom is 0.259 e. The molecule has 0 spiro atoms. The predicted molar refractivity (Wildman–Crippen MR) is 129 cm³/mol. The molecule has 176 valence electrons. The molecule has 0 radical (unpaired) electrons. The van der Waals surface area contributed by atoms with Gasteiger partial charge in [-0.3, -0.25) is 14.4 Å². The van der Waals surface area contributed by atoms with Gasteiger partial charge >= 0.3 is 0 Å². The maximum atomic E-state index is 13.7. The lowest BCUT2D eigenvalue weighted by atomic mass is 9.65. The molecule has 2 heterocycles. The second-order valence-corrected chi connectivity index (χ2v) is 11.0. The lowest BCUT2D eigenvalue weighted by Crippen LogP contribution is -2.41. The molecule has 1 aliphatic heterocycles. The fraction of sp³-hybridized carbons (Fsp3) is 0.519. The summed E-state index contributed by atoms with van der Waals surface area (Å²) < 4.78 is 1.83. The summed E-state index contributed by atoms with van der Waals surface area (Å²) in [5.41, 5.74) is 1.14. The number of likely N-dealkylation sites (tertiary alicyclic amines) is 1. The van der Waals surface area contributed by atoms with E-state index < -0.39 is 11.3 Å². The number of nitrogens with zero attached hydrogens (tertiary/aromatic N) is 2. The number of aryl methyl sites for hydroxylation is 2. The fourth-order valence-electron chi connectivity index (χ4n) is 6.17. The Balaban J connectivity index is 1.61. The van der Waals surface area contributed by atoms with Crippen LogP contribution < -0.4 is 10.7 Å². The second-order valence-electron chi connectivity index (χ2n) is 11.0. The summed E-state index contributed by atoms with van der Waals surface area (Å²) in [7, 11) is 1.50. The Bertz CT molecular complexity index is 1110. The number of pyridine rings is 1. The number of carbonyl (C=O) groups excluding carboxylic acids is 2. The second kappa shape index (κ2) is 8.81. The van der Waals surface area contributed by atoms with Gasteiger partial charge in [0, 0.05) is 38.6 Å². The highest BCUT2D eigenvalue weighted by molar-refractivity contribution is 5.99. The fourth-order valence-corrected chi connectivity index (χ4v) is 6.17. The molecule has 6 heteroatoms. The highest BCUT2D eigenvalue weighted by Crippen LogP contribution is 2.52. The van der Waals surface area contributed by atoms with Gasteiger partial charge in [0.15, 0.2) is 0 Å². The molecule has 2 bridgehead atoms. The Kier molecular flexibility index (Phi) is 6.21. The van der Waals surface area contributed by atoms with Crippen LogP contribution in [0.2, 0.25) is 0 Å². The van der Waals surface area contributed by atoms with Gasteiger partial charge in [-0.2, -0.15) is 0 Å². The molecule has 2 aromatic rings. The summed E-state index contributed by atoms with van der Waals surface area (Å²) in [5, 5.41) is 2.54. The van der Waals surface area contributed by atoms with E-state index in [0.717, 1.165) is 32.1 Å². The van der Waals surface area contributed by atoms with Gasteiger partial charge in [0.25, 0.3) is 11.8 Å². The molecule has 1 saturated carbocycles. The third-order valence-electron chi connectivity index (χ3n) is 7.18. The smallest absolute Gasteiger partial charge is 0.259 e. The molecule has 1 aliphatic carbocycles. The van der Waals surface area contributed by atoms with Crippen molar-refractivity contribution in [3.63, 3.8) is 0 Å². The third-order valence-corrected chi connectivity index (χ3v) is 7.18. The molecule has 2 fully saturated rings. The first-order valence-corrected chi connectivity index (χ1v) is 11.9. The summed E-state index contributed by atoms with van der Waals surface area (Å²) in [6.07, 6.45) is 7.94. The monoisotopic (exact) mass is 449 g/mol. The highest BCUT2D eigenvalue weighted by Gasteiger charge is 2.51. The van der Waals surface area contributed by atoms with Crippen LogP contribution in [0.3, 0.4) is 0 Å². The van der Waals surface area contributed by atoms with Gasteiger partial charge in [-0.15, -0.1) is 0 Å². The van der Waals surface area contributed by atoms with Crippen LogP contribution in [0, 0.1) is 10.8 Å². The van der Waals surface area contributed by atoms with Gasteiger partial charge in [-0.05, 0) is 48.5 Å². The third kappa shape index (κ3) is 4.90. The van der Waals surface area contributed by atoms with Crippen molar-refractivity contribution in [1.29, 1.82) is 0 Å². The number of rotatable bonds is 6. The number of carbonyl (C=O) groups is 2. The van der Waals surface area contributed by atoms with Gasteiger partial charge < -0.3 is 14.8 Å². The van der Waals surface area contributed by atoms with E-state index in [4.69, 9.17) is 0 Å². The summed E-state index contributed by atoms with van der Waals surface area (Å²) >= 11 is 0. The Morgan fingerprint density at radius 1 is 1.06 bits per heavy atom. The molecule has 2 atom stereocenters. The first-order chi connectivity index (χ1) is 15.6. The maximum absolute atomic E-state index is 13.7. The molecular formula is C27H35N3O3. The van der Waals surface area contributed by atoms with Crippen molar-refractivity contribution in [2.75, 3.05) is 13.6 Å². The Morgan fingerprint density at radius 3 is 2.45 bits per heavy atom. The van der Waals surface area contributed by atoms with E-state index in [1.54, 1.807) is 12.4 Å². The molecule has 1 saturated heterocycles. The molecule has 4 rings (SSSR count). The summed E-state index contributed by atoms with van der Waals surface area (Å²) in [5.74, 6) is -0.700. The average Bonchev–Trinajstić information content (AvgIpc) is 3.02. The van der Waals surface area contributed by atoms with E-state index in [1.165, 1.54) is 12.6 Å². The van der Waals surface area contributed by atoms with Crippen molar-refractivity contribution < 1.29 is 9.59 Å². The van der Waals surface area contributed by atoms with E-state index in [9.17, 15) is 14.4 Å². The van der Waals surface area contributed by atoms with E-state index in [-0.39, 0.29) is 33.9 Å². The normalized spacial score (nSPS) is 23.4.